The fourth-order valence-electron chi connectivity index (χ4n) is 2.22. The average molecular weight is 251 g/mol. The summed E-state index contributed by atoms with van der Waals surface area (Å²) in [7, 11) is 0. The van der Waals surface area contributed by atoms with Gasteiger partial charge in [-0.1, -0.05) is 0 Å². The van der Waals surface area contributed by atoms with E-state index < -0.39 is 0 Å². The largest absolute Gasteiger partial charge is 0.343 e. The number of thiophene rings is 1. The molecule has 0 atom stereocenters. The second-order valence-electron chi connectivity index (χ2n) is 4.63. The highest BCUT2D eigenvalue weighted by molar-refractivity contribution is 7.12. The Morgan fingerprint density at radius 1 is 1.35 bits per heavy atom. The van der Waals surface area contributed by atoms with Gasteiger partial charge in [0.15, 0.2) is 5.78 Å². The maximum absolute atomic E-state index is 12.2. The van der Waals surface area contributed by atoms with Crippen molar-refractivity contribution in [3.63, 3.8) is 0 Å². The van der Waals surface area contributed by atoms with E-state index in [0.29, 0.717) is 0 Å². The molecule has 0 aliphatic carbocycles. The maximum Gasteiger partial charge on any atom is 0.219 e. The minimum Gasteiger partial charge on any atom is -0.343 e. The highest BCUT2D eigenvalue weighted by Gasteiger charge is 2.27. The van der Waals surface area contributed by atoms with E-state index in [1.54, 1.807) is 6.92 Å². The van der Waals surface area contributed by atoms with E-state index in [9.17, 15) is 9.59 Å². The van der Waals surface area contributed by atoms with E-state index in [-0.39, 0.29) is 17.6 Å². The summed E-state index contributed by atoms with van der Waals surface area (Å²) < 4.78 is 0. The maximum atomic E-state index is 12.2. The molecule has 1 aromatic rings. The van der Waals surface area contributed by atoms with Crippen LogP contribution in [-0.4, -0.2) is 29.7 Å². The fraction of sp³-hybridized carbons (Fsp3) is 0.538. The number of ketones is 1. The molecule has 1 saturated heterocycles. The van der Waals surface area contributed by atoms with Crippen LogP contribution in [-0.2, 0) is 4.79 Å². The van der Waals surface area contributed by atoms with E-state index in [2.05, 4.69) is 0 Å². The van der Waals surface area contributed by atoms with Gasteiger partial charge in [-0.25, -0.2) is 0 Å². The molecule has 0 N–H and O–H groups in total. The van der Waals surface area contributed by atoms with Crippen LogP contribution in [0, 0.1) is 12.8 Å². The zero-order valence-corrected chi connectivity index (χ0v) is 11.0. The first-order valence-corrected chi connectivity index (χ1v) is 6.80. The number of hydrogen-bond donors (Lipinski definition) is 0. The van der Waals surface area contributed by atoms with Crippen molar-refractivity contribution >= 4 is 23.0 Å². The Hall–Kier alpha value is -1.16. The number of likely N-dealkylation sites (tertiary alicyclic amines) is 1. The quantitative estimate of drug-likeness (QED) is 0.757. The van der Waals surface area contributed by atoms with Crippen molar-refractivity contribution in [1.29, 1.82) is 0 Å². The third-order valence-corrected chi connectivity index (χ3v) is 4.35. The van der Waals surface area contributed by atoms with Gasteiger partial charge in [-0.3, -0.25) is 9.59 Å². The van der Waals surface area contributed by atoms with Gasteiger partial charge in [-0.15, -0.1) is 11.3 Å². The Morgan fingerprint density at radius 3 is 2.47 bits per heavy atom. The Kier molecular flexibility index (Phi) is 3.62. The summed E-state index contributed by atoms with van der Waals surface area (Å²) in [6.07, 6.45) is 1.60. The molecule has 3 nitrogen and oxygen atoms in total. The molecule has 1 aliphatic rings. The van der Waals surface area contributed by atoms with Crippen molar-refractivity contribution in [2.75, 3.05) is 13.1 Å². The van der Waals surface area contributed by atoms with E-state index >= 15 is 0 Å². The fourth-order valence-corrected chi connectivity index (χ4v) is 3.14. The van der Waals surface area contributed by atoms with Gasteiger partial charge in [-0.2, -0.15) is 0 Å². The van der Waals surface area contributed by atoms with Crippen LogP contribution in [0.4, 0.5) is 0 Å². The molecule has 1 aromatic heterocycles. The number of nitrogens with zero attached hydrogens (tertiary/aromatic N) is 1. The van der Waals surface area contributed by atoms with Gasteiger partial charge in [0.05, 0.1) is 4.88 Å². The summed E-state index contributed by atoms with van der Waals surface area (Å²) in [5.74, 6) is 0.470. The average Bonchev–Trinajstić information content (AvgIpc) is 2.75. The summed E-state index contributed by atoms with van der Waals surface area (Å²) >= 11 is 1.53. The van der Waals surface area contributed by atoms with Gasteiger partial charge in [0.25, 0.3) is 0 Å². The van der Waals surface area contributed by atoms with Crippen LogP contribution in [0.1, 0.15) is 35.0 Å². The van der Waals surface area contributed by atoms with Crippen LogP contribution in [0.2, 0.25) is 0 Å². The predicted octanol–water partition coefficient (Wildman–Crippen LogP) is 2.50. The van der Waals surface area contributed by atoms with Gasteiger partial charge in [-0.05, 0) is 36.8 Å². The number of carbonyl (C=O) groups excluding carboxylic acids is 2. The van der Waals surface area contributed by atoms with Crippen LogP contribution >= 0.6 is 11.3 Å². The minimum atomic E-state index is 0.101. The lowest BCUT2D eigenvalue weighted by Crippen LogP contribution is -2.38. The molecule has 92 valence electrons. The van der Waals surface area contributed by atoms with Crippen LogP contribution in [0.15, 0.2) is 11.4 Å². The van der Waals surface area contributed by atoms with E-state index in [1.807, 2.05) is 23.3 Å². The van der Waals surface area contributed by atoms with Crippen LogP contribution in [0.5, 0.6) is 0 Å². The van der Waals surface area contributed by atoms with Gasteiger partial charge >= 0.3 is 0 Å². The van der Waals surface area contributed by atoms with Gasteiger partial charge in [0.2, 0.25) is 5.91 Å². The van der Waals surface area contributed by atoms with Gasteiger partial charge < -0.3 is 4.90 Å². The summed E-state index contributed by atoms with van der Waals surface area (Å²) in [5.41, 5.74) is 1.15. The number of rotatable bonds is 2. The number of amides is 1. The summed E-state index contributed by atoms with van der Waals surface area (Å²) in [6.45, 7) is 5.03. The second kappa shape index (κ2) is 5.00. The predicted molar refractivity (Wildman–Crippen MR) is 68.4 cm³/mol. The second-order valence-corrected chi connectivity index (χ2v) is 5.54. The number of carbonyl (C=O) groups is 2. The van der Waals surface area contributed by atoms with Gasteiger partial charge in [0.1, 0.15) is 0 Å². The zero-order valence-electron chi connectivity index (χ0n) is 10.2. The zero-order chi connectivity index (χ0) is 12.4. The van der Waals surface area contributed by atoms with Crippen LogP contribution in [0.3, 0.4) is 0 Å². The summed E-state index contributed by atoms with van der Waals surface area (Å²) in [4.78, 5) is 26.1. The van der Waals surface area contributed by atoms with Crippen LogP contribution in [0.25, 0.3) is 0 Å². The lowest BCUT2D eigenvalue weighted by atomic mass is 9.91. The topological polar surface area (TPSA) is 37.4 Å². The number of piperidine rings is 1. The molecule has 0 bridgehead atoms. The third-order valence-electron chi connectivity index (χ3n) is 3.28. The Labute approximate surface area is 105 Å². The normalized spacial score (nSPS) is 17.2. The highest BCUT2D eigenvalue weighted by atomic mass is 32.1. The standard InChI is InChI=1S/C13H17NO2S/c1-9-7-12(17-8-9)13(16)11-3-5-14(6-4-11)10(2)15/h7-8,11H,3-6H2,1-2H3. The first-order valence-electron chi connectivity index (χ1n) is 5.93. The number of aryl methyl sites for hydroxylation is 1. The van der Waals surface area contributed by atoms with E-state index in [4.69, 9.17) is 0 Å². The molecule has 1 fully saturated rings. The van der Waals surface area contributed by atoms with Gasteiger partial charge in [0, 0.05) is 25.9 Å². The van der Waals surface area contributed by atoms with Crippen molar-refractivity contribution in [2.24, 2.45) is 5.92 Å². The SMILES string of the molecule is CC(=O)N1CCC(C(=O)c2cc(C)cs2)CC1. The lowest BCUT2D eigenvalue weighted by molar-refractivity contribution is -0.130. The molecule has 1 aliphatic heterocycles. The smallest absolute Gasteiger partial charge is 0.219 e. The minimum absolute atomic E-state index is 0.101. The molecule has 0 spiro atoms. The van der Waals surface area contributed by atoms with Crippen molar-refractivity contribution in [1.82, 2.24) is 4.90 Å². The molecular weight excluding hydrogens is 234 g/mol. The summed E-state index contributed by atoms with van der Waals surface area (Å²) in [5, 5.41) is 2.01. The molecule has 0 unspecified atom stereocenters. The molecule has 0 aromatic carbocycles. The molecule has 1 amide bonds. The Bertz CT molecular complexity index is 430. The molecule has 0 radical (unpaired) electrons. The number of hydrogen-bond acceptors (Lipinski definition) is 3. The monoisotopic (exact) mass is 251 g/mol. The number of Topliss-reactive ketones (excluding diaryl/α,β-unsaturated/α-hetero) is 1. The van der Waals surface area contributed by atoms with E-state index in [0.717, 1.165) is 36.4 Å². The van der Waals surface area contributed by atoms with Crippen molar-refractivity contribution < 1.29 is 9.59 Å². The summed E-state index contributed by atoms with van der Waals surface area (Å²) in [6, 6.07) is 1.96. The lowest BCUT2D eigenvalue weighted by Gasteiger charge is -2.30. The van der Waals surface area contributed by atoms with E-state index in [1.165, 1.54) is 11.3 Å². The first kappa shape index (κ1) is 12.3. The molecular formula is C13H17NO2S. The first-order chi connectivity index (χ1) is 8.08. The molecule has 17 heavy (non-hydrogen) atoms. The van der Waals surface area contributed by atoms with Crippen LogP contribution < -0.4 is 0 Å². The van der Waals surface area contributed by atoms with Crippen molar-refractivity contribution in [2.45, 2.75) is 26.7 Å². The molecule has 4 heteroatoms. The van der Waals surface area contributed by atoms with Crippen molar-refractivity contribution in [3.05, 3.63) is 21.9 Å². The Balaban J connectivity index is 1.97. The molecule has 2 heterocycles. The molecule has 0 saturated carbocycles. The molecule has 2 rings (SSSR count). The van der Waals surface area contributed by atoms with Crippen molar-refractivity contribution in [3.8, 4) is 0 Å². The Morgan fingerprint density at radius 2 is 2.00 bits per heavy atom. The third kappa shape index (κ3) is 2.75. The highest BCUT2D eigenvalue weighted by Crippen LogP contribution is 2.25.